The Balaban J connectivity index is 1.70. The van der Waals surface area contributed by atoms with Crippen molar-refractivity contribution >= 4 is 12.0 Å². The Labute approximate surface area is 135 Å². The number of carbonyl (C=O) groups is 2. The van der Waals surface area contributed by atoms with Crippen molar-refractivity contribution < 1.29 is 19.4 Å². The second-order valence-corrected chi connectivity index (χ2v) is 6.14. The van der Waals surface area contributed by atoms with Gasteiger partial charge in [-0.05, 0) is 37.3 Å². The Bertz CT molecular complexity index is 604. The van der Waals surface area contributed by atoms with E-state index < -0.39 is 12.1 Å². The Morgan fingerprint density at radius 3 is 2.87 bits per heavy atom. The summed E-state index contributed by atoms with van der Waals surface area (Å²) in [5.41, 5.74) is 1.06. The number of carboxylic acid groups (broad SMARTS) is 1. The molecule has 124 valence electrons. The van der Waals surface area contributed by atoms with Crippen LogP contribution in [-0.4, -0.2) is 59.2 Å². The van der Waals surface area contributed by atoms with E-state index in [2.05, 4.69) is 0 Å². The standard InChI is InChI=1S/C17H22N2O4/c1-23-15-8-3-2-5-12(15)9-10-18-11-13-6-4-7-14(16(18)20)19(13)17(21)22/h2-3,5,8,13-14H,4,6-7,9-11H2,1H3,(H,21,22). The highest BCUT2D eigenvalue weighted by Gasteiger charge is 2.45. The van der Waals surface area contributed by atoms with Crippen LogP contribution in [0.2, 0.25) is 0 Å². The third kappa shape index (κ3) is 2.98. The average Bonchev–Trinajstić information content (AvgIpc) is 2.56. The number of fused-ring (bicyclic) bond motifs is 2. The summed E-state index contributed by atoms with van der Waals surface area (Å²) in [6.07, 6.45) is 2.12. The first-order valence-electron chi connectivity index (χ1n) is 8.03. The molecular weight excluding hydrogens is 296 g/mol. The van der Waals surface area contributed by atoms with Gasteiger partial charge in [0.15, 0.2) is 0 Å². The smallest absolute Gasteiger partial charge is 0.408 e. The fourth-order valence-electron chi connectivity index (χ4n) is 3.71. The number of carbonyl (C=O) groups excluding carboxylic acids is 1. The Hall–Kier alpha value is -2.24. The molecule has 2 atom stereocenters. The largest absolute Gasteiger partial charge is 0.496 e. The lowest BCUT2D eigenvalue weighted by molar-refractivity contribution is -0.146. The third-order valence-corrected chi connectivity index (χ3v) is 4.84. The quantitative estimate of drug-likeness (QED) is 0.921. The van der Waals surface area contributed by atoms with Crippen molar-refractivity contribution in [3.63, 3.8) is 0 Å². The summed E-state index contributed by atoms with van der Waals surface area (Å²) in [5, 5.41) is 9.36. The van der Waals surface area contributed by atoms with Gasteiger partial charge in [0.2, 0.25) is 5.91 Å². The number of rotatable bonds is 4. The Morgan fingerprint density at radius 1 is 1.35 bits per heavy atom. The normalized spacial score (nSPS) is 23.8. The predicted molar refractivity (Wildman–Crippen MR) is 84.6 cm³/mol. The highest BCUT2D eigenvalue weighted by molar-refractivity contribution is 5.87. The molecule has 0 spiro atoms. The van der Waals surface area contributed by atoms with Crippen LogP contribution in [0.1, 0.15) is 24.8 Å². The van der Waals surface area contributed by atoms with Crippen LogP contribution in [0.15, 0.2) is 24.3 Å². The number of benzene rings is 1. The zero-order valence-corrected chi connectivity index (χ0v) is 13.3. The van der Waals surface area contributed by atoms with Crippen molar-refractivity contribution in [2.45, 2.75) is 37.8 Å². The molecule has 23 heavy (non-hydrogen) atoms. The van der Waals surface area contributed by atoms with E-state index >= 15 is 0 Å². The summed E-state index contributed by atoms with van der Waals surface area (Å²) in [4.78, 5) is 27.2. The molecule has 2 fully saturated rings. The summed E-state index contributed by atoms with van der Waals surface area (Å²) in [6.45, 7) is 1.09. The minimum Gasteiger partial charge on any atom is -0.496 e. The lowest BCUT2D eigenvalue weighted by Crippen LogP contribution is -2.65. The number of para-hydroxylation sites is 1. The van der Waals surface area contributed by atoms with Crippen molar-refractivity contribution in [3.05, 3.63) is 29.8 Å². The predicted octanol–water partition coefficient (Wildman–Crippen LogP) is 1.98. The summed E-state index contributed by atoms with van der Waals surface area (Å²) in [7, 11) is 1.64. The molecular formula is C17H22N2O4. The molecule has 0 aliphatic carbocycles. The van der Waals surface area contributed by atoms with Gasteiger partial charge in [-0.3, -0.25) is 9.69 Å². The molecule has 0 aromatic heterocycles. The molecule has 0 saturated carbocycles. The number of hydrogen-bond donors (Lipinski definition) is 1. The molecule has 0 radical (unpaired) electrons. The number of methoxy groups -OCH3 is 1. The molecule has 1 aromatic carbocycles. The van der Waals surface area contributed by atoms with Crippen LogP contribution in [0.3, 0.4) is 0 Å². The molecule has 2 aliphatic heterocycles. The number of nitrogens with zero attached hydrogens (tertiary/aromatic N) is 2. The van der Waals surface area contributed by atoms with Gasteiger partial charge in [-0.25, -0.2) is 4.79 Å². The molecule has 2 unspecified atom stereocenters. The summed E-state index contributed by atoms with van der Waals surface area (Å²) in [5.74, 6) is 0.766. The highest BCUT2D eigenvalue weighted by atomic mass is 16.5. The van der Waals surface area contributed by atoms with E-state index in [0.717, 1.165) is 24.2 Å². The van der Waals surface area contributed by atoms with E-state index in [1.165, 1.54) is 4.90 Å². The van der Waals surface area contributed by atoms with Crippen molar-refractivity contribution in [2.24, 2.45) is 0 Å². The van der Waals surface area contributed by atoms with Gasteiger partial charge in [0.05, 0.1) is 13.2 Å². The van der Waals surface area contributed by atoms with Crippen LogP contribution in [0.5, 0.6) is 5.75 Å². The van der Waals surface area contributed by atoms with Crippen molar-refractivity contribution in [1.82, 2.24) is 9.80 Å². The first-order valence-corrected chi connectivity index (χ1v) is 8.03. The molecule has 6 nitrogen and oxygen atoms in total. The SMILES string of the molecule is COc1ccccc1CCN1CC2CCCC(C1=O)N2C(=O)O. The molecule has 2 saturated heterocycles. The van der Waals surface area contributed by atoms with Crippen molar-refractivity contribution in [2.75, 3.05) is 20.2 Å². The maximum absolute atomic E-state index is 12.6. The van der Waals surface area contributed by atoms with Crippen LogP contribution in [0.25, 0.3) is 0 Å². The molecule has 2 bridgehead atoms. The van der Waals surface area contributed by atoms with Crippen LogP contribution in [0, 0.1) is 0 Å². The molecule has 1 aromatic rings. The van der Waals surface area contributed by atoms with Crippen molar-refractivity contribution in [1.29, 1.82) is 0 Å². The van der Waals surface area contributed by atoms with Gasteiger partial charge in [-0.2, -0.15) is 0 Å². The molecule has 1 N–H and O–H groups in total. The number of hydrogen-bond acceptors (Lipinski definition) is 3. The van der Waals surface area contributed by atoms with Crippen LogP contribution >= 0.6 is 0 Å². The summed E-state index contributed by atoms with van der Waals surface area (Å²) >= 11 is 0. The van der Waals surface area contributed by atoms with Crippen LogP contribution in [0.4, 0.5) is 4.79 Å². The fourth-order valence-corrected chi connectivity index (χ4v) is 3.71. The number of piperidine rings is 1. The van der Waals surface area contributed by atoms with Crippen molar-refractivity contribution in [3.8, 4) is 5.75 Å². The van der Waals surface area contributed by atoms with E-state index in [9.17, 15) is 14.7 Å². The van der Waals surface area contributed by atoms with Crippen LogP contribution < -0.4 is 4.74 Å². The third-order valence-electron chi connectivity index (χ3n) is 4.84. The fraction of sp³-hybridized carbons (Fsp3) is 0.529. The van der Waals surface area contributed by atoms with Gasteiger partial charge < -0.3 is 14.7 Å². The van der Waals surface area contributed by atoms with E-state index in [1.54, 1.807) is 7.11 Å². The monoisotopic (exact) mass is 318 g/mol. The summed E-state index contributed by atoms with van der Waals surface area (Å²) < 4.78 is 5.35. The Kier molecular flexibility index (Phi) is 4.41. The number of ether oxygens (including phenoxy) is 1. The van der Waals surface area contributed by atoms with Gasteiger partial charge in [-0.1, -0.05) is 18.2 Å². The van der Waals surface area contributed by atoms with Gasteiger partial charge in [0.1, 0.15) is 11.8 Å². The molecule has 2 amide bonds. The number of likely N-dealkylation sites (tertiary alicyclic amines) is 1. The van der Waals surface area contributed by atoms with E-state index in [1.807, 2.05) is 29.2 Å². The minimum absolute atomic E-state index is 0.0572. The van der Waals surface area contributed by atoms with Gasteiger partial charge in [0, 0.05) is 13.1 Å². The molecule has 2 heterocycles. The van der Waals surface area contributed by atoms with Gasteiger partial charge in [-0.15, -0.1) is 0 Å². The zero-order valence-electron chi connectivity index (χ0n) is 13.3. The second-order valence-electron chi connectivity index (χ2n) is 6.14. The lowest BCUT2D eigenvalue weighted by Gasteiger charge is -2.47. The maximum Gasteiger partial charge on any atom is 0.408 e. The van der Waals surface area contributed by atoms with E-state index in [4.69, 9.17) is 4.74 Å². The second kappa shape index (κ2) is 6.48. The zero-order chi connectivity index (χ0) is 16.4. The maximum atomic E-state index is 12.6. The molecule has 2 aliphatic rings. The van der Waals surface area contributed by atoms with E-state index in [0.29, 0.717) is 25.9 Å². The number of amides is 2. The molecule has 6 heteroatoms. The first kappa shape index (κ1) is 15.6. The van der Waals surface area contributed by atoms with Gasteiger partial charge >= 0.3 is 6.09 Å². The first-order chi connectivity index (χ1) is 11.1. The Morgan fingerprint density at radius 2 is 2.13 bits per heavy atom. The topological polar surface area (TPSA) is 70.1 Å². The molecule has 3 rings (SSSR count). The van der Waals surface area contributed by atoms with Gasteiger partial charge in [0.25, 0.3) is 0 Å². The lowest BCUT2D eigenvalue weighted by atomic mass is 9.91. The average molecular weight is 318 g/mol. The van der Waals surface area contributed by atoms with E-state index in [-0.39, 0.29) is 11.9 Å². The highest BCUT2D eigenvalue weighted by Crippen LogP contribution is 2.30. The summed E-state index contributed by atoms with van der Waals surface area (Å²) in [6, 6.07) is 7.21. The number of piperazine rings is 1. The minimum atomic E-state index is -0.975. The van der Waals surface area contributed by atoms with Crippen LogP contribution in [-0.2, 0) is 11.2 Å².